The Morgan fingerprint density at radius 2 is 1.77 bits per heavy atom. The van der Waals surface area contributed by atoms with E-state index in [0.29, 0.717) is 16.7 Å². The largest absolute Gasteiger partial charge is 1.00 e. The Balaban J connectivity index is 0. The molecule has 1 aromatic carbocycles. The second-order valence-electron chi connectivity index (χ2n) is 5.28. The Kier molecular flexibility index (Phi) is 20.2. The van der Waals surface area contributed by atoms with Crippen molar-refractivity contribution in [2.45, 2.75) is 6.54 Å². The molecule has 30 heavy (non-hydrogen) atoms. The first kappa shape index (κ1) is 34.4. The number of nitrogen functional groups attached to an aromatic ring is 1. The van der Waals surface area contributed by atoms with E-state index in [-0.39, 0.29) is 180 Å². The molecule has 0 spiro atoms. The number of carbonyl (C=O) groups excluding carboxylic acids is 2. The summed E-state index contributed by atoms with van der Waals surface area (Å²) in [7, 11) is 0. The van der Waals surface area contributed by atoms with Crippen molar-refractivity contribution in [3.05, 3.63) is 41.2 Å². The van der Waals surface area contributed by atoms with Crippen molar-refractivity contribution in [1.82, 2.24) is 30.4 Å². The molecule has 0 saturated heterocycles. The summed E-state index contributed by atoms with van der Waals surface area (Å²) in [6.07, 6.45) is 1.33. The van der Waals surface area contributed by atoms with E-state index in [4.69, 9.17) is 5.73 Å². The molecule has 9 nitrogen and oxygen atoms in total. The molecule has 4 N–H and O–H groups in total. The molecule has 0 aliphatic heterocycles. The molecule has 2 heterocycles. The van der Waals surface area contributed by atoms with E-state index in [1.807, 2.05) is 52.9 Å². The predicted molar refractivity (Wildman–Crippen MR) is 105 cm³/mol. The van der Waals surface area contributed by atoms with Crippen LogP contribution in [0, 0.1) is 4.55 Å². The summed E-state index contributed by atoms with van der Waals surface area (Å²) in [6, 6.07) is 9.45. The molecule has 3 radical (unpaired) electrons. The number of nitrogens with zero attached hydrogens (tertiary/aromatic N) is 4. The van der Waals surface area contributed by atoms with Gasteiger partial charge in [-0.15, -0.1) is 0 Å². The monoisotopic (exact) mass is 770 g/mol. The van der Waals surface area contributed by atoms with Crippen molar-refractivity contribution < 1.29 is 159 Å². The average molecular weight is 770 g/mol. The second kappa shape index (κ2) is 17.6. The molecular formula is C16H15IKN7O2Y3. The van der Waals surface area contributed by atoms with Crippen LogP contribution < -0.4 is 67.8 Å². The number of aromatic nitrogens is 4. The molecule has 3 aromatic rings. The summed E-state index contributed by atoms with van der Waals surface area (Å²) >= 11 is 1.89. The maximum atomic E-state index is 12.2. The number of anilines is 1. The van der Waals surface area contributed by atoms with E-state index in [2.05, 4.69) is 25.7 Å². The van der Waals surface area contributed by atoms with Crippen molar-refractivity contribution in [3.63, 3.8) is 0 Å². The van der Waals surface area contributed by atoms with E-state index in [1.54, 1.807) is 0 Å². The number of carbonyl (C=O) groups is 2. The maximum absolute atomic E-state index is 12.2. The molecule has 2 amide bonds. The molecule has 2 aromatic heterocycles. The summed E-state index contributed by atoms with van der Waals surface area (Å²) < 4.78 is 2.92. The van der Waals surface area contributed by atoms with Crippen LogP contribution in [0.25, 0.3) is 22.3 Å². The number of amides is 2. The van der Waals surface area contributed by atoms with Gasteiger partial charge in [-0.1, -0.05) is 30.3 Å². The van der Waals surface area contributed by atoms with Gasteiger partial charge in [0.25, 0.3) is 0 Å². The summed E-state index contributed by atoms with van der Waals surface area (Å²) in [5.41, 5.74) is 7.91. The summed E-state index contributed by atoms with van der Waals surface area (Å²) in [5, 5.41) is 10.1. The minimum absolute atomic E-state index is 0. The van der Waals surface area contributed by atoms with Crippen LogP contribution in [0.3, 0.4) is 0 Å². The average Bonchev–Trinajstić information content (AvgIpc) is 3.01. The number of hydrogen-bond acceptors (Lipinski definition) is 6. The molecule has 3 rings (SSSR count). The van der Waals surface area contributed by atoms with Gasteiger partial charge in [0.2, 0.25) is 11.8 Å². The van der Waals surface area contributed by atoms with Gasteiger partial charge in [0.1, 0.15) is 24.4 Å². The van der Waals surface area contributed by atoms with Crippen molar-refractivity contribution in [1.29, 1.82) is 0 Å². The Morgan fingerprint density at radius 3 is 2.40 bits per heavy atom. The second-order valence-corrected chi connectivity index (χ2v) is 5.91. The minimum Gasteiger partial charge on any atom is -0.494 e. The van der Waals surface area contributed by atoms with Crippen LogP contribution >= 0.6 is 22.6 Å². The topological polar surface area (TPSA) is 128 Å². The van der Waals surface area contributed by atoms with Gasteiger partial charge in [0, 0.05) is 104 Å². The fourth-order valence-electron chi connectivity index (χ4n) is 2.42. The van der Waals surface area contributed by atoms with E-state index in [0.717, 1.165) is 5.56 Å². The number of nitrogens with one attached hydrogen (secondary N) is 2. The predicted octanol–water partition coefficient (Wildman–Crippen LogP) is -2.14. The van der Waals surface area contributed by atoms with E-state index < -0.39 is 0 Å². The summed E-state index contributed by atoms with van der Waals surface area (Å²) in [4.78, 5) is 31.8. The van der Waals surface area contributed by atoms with Gasteiger partial charge in [-0.25, -0.2) is 14.6 Å². The molecule has 0 fully saturated rings. The van der Waals surface area contributed by atoms with Crippen LogP contribution in [0.1, 0.15) is 0 Å². The van der Waals surface area contributed by atoms with Crippen LogP contribution in [0.2, 0.25) is 0 Å². The van der Waals surface area contributed by atoms with Gasteiger partial charge < -0.3 is 16.4 Å². The normalized spacial score (nSPS) is 9.23. The van der Waals surface area contributed by atoms with Gasteiger partial charge in [-0.05, 0) is 0 Å². The van der Waals surface area contributed by atoms with Gasteiger partial charge in [-0.2, -0.15) is 9.65 Å². The Morgan fingerprint density at radius 1 is 1.10 bits per heavy atom. The number of benzene rings is 1. The zero-order chi connectivity index (χ0) is 18.5. The number of halogens is 1. The third kappa shape index (κ3) is 9.44. The van der Waals surface area contributed by atoms with E-state index in [1.165, 1.54) is 15.6 Å². The van der Waals surface area contributed by atoms with Crippen LogP contribution in [0.15, 0.2) is 36.7 Å². The smallest absolute Gasteiger partial charge is 0.494 e. The van der Waals surface area contributed by atoms with Gasteiger partial charge in [0.15, 0.2) is 5.65 Å². The zero-order valence-electron chi connectivity index (χ0n) is 16.2. The number of nitrogens with two attached hydrogens (primary N) is 1. The summed E-state index contributed by atoms with van der Waals surface area (Å²) in [6.45, 7) is -0.221. The van der Waals surface area contributed by atoms with Crippen molar-refractivity contribution >= 4 is 51.3 Å². The molecule has 14 heteroatoms. The van der Waals surface area contributed by atoms with Crippen LogP contribution in [0.5, 0.6) is 0 Å². The first-order chi connectivity index (χ1) is 12.6. The van der Waals surface area contributed by atoms with Crippen LogP contribution in [-0.2, 0) is 114 Å². The molecule has 0 atom stereocenters. The standard InChI is InChI=1S/C16H15IN7O2.K.3Y/c17-8-20-11(25)6-19-12(26)7-24-16-13(15(18)21-9-22-16)14(23-24)10-4-2-1-3-5-10;;;;/h1-5,8-9H,6-7H2,(H,19,26)(H,20,25)(H2,18,21,22);;;;/q-1;+1;;;. The van der Waals surface area contributed by atoms with Gasteiger partial charge >= 0.3 is 51.4 Å². The Labute approximate surface area is 305 Å². The van der Waals surface area contributed by atoms with Crippen molar-refractivity contribution in [3.8, 4) is 11.3 Å². The minimum atomic E-state index is -0.366. The SMILES string of the molecule is Nc1ncnc2c1c(-c1ccccc1)nn2CC(=O)NCC(=O)N[CH-]I.[K+].[Y].[Y].[Y]. The quantitative estimate of drug-likeness (QED) is 0.114. The molecule has 0 aliphatic carbocycles. The molecule has 0 unspecified atom stereocenters. The molecule has 143 valence electrons. The number of hydrogen-bond donors (Lipinski definition) is 3. The zero-order valence-corrected chi connectivity index (χ0v) is 30.0. The van der Waals surface area contributed by atoms with Crippen molar-refractivity contribution in [2.24, 2.45) is 0 Å². The molecular weight excluding hydrogens is 755 g/mol. The molecule has 0 saturated carbocycles. The first-order valence-corrected chi connectivity index (χ1v) is 8.85. The third-order valence-electron chi connectivity index (χ3n) is 3.56. The maximum Gasteiger partial charge on any atom is 1.00 e. The fraction of sp³-hybridized carbons (Fsp3) is 0.125. The number of fused-ring (bicyclic) bond motifs is 1. The van der Waals surface area contributed by atoms with Crippen molar-refractivity contribution in [2.75, 3.05) is 12.3 Å². The van der Waals surface area contributed by atoms with Gasteiger partial charge in [-0.3, -0.25) is 32.2 Å². The van der Waals surface area contributed by atoms with Gasteiger partial charge in [0.05, 0.1) is 11.9 Å². The van der Waals surface area contributed by atoms with E-state index in [9.17, 15) is 9.59 Å². The van der Waals surface area contributed by atoms with Crippen LogP contribution in [0.4, 0.5) is 5.82 Å². The molecule has 0 aliphatic rings. The Hall–Kier alpha value is 2.19. The molecule has 0 bridgehead atoms. The summed E-state index contributed by atoms with van der Waals surface area (Å²) in [5.74, 6) is -0.387. The third-order valence-corrected chi connectivity index (χ3v) is 3.87. The van der Waals surface area contributed by atoms with Crippen LogP contribution in [-0.4, -0.2) is 38.1 Å². The van der Waals surface area contributed by atoms with E-state index >= 15 is 0 Å². The first-order valence-electron chi connectivity index (χ1n) is 7.60. The fourth-order valence-corrected chi connectivity index (χ4v) is 2.77. The Bertz CT molecular complexity index is 963. The number of rotatable bonds is 6.